The van der Waals surface area contributed by atoms with Gasteiger partial charge in [-0.2, -0.15) is 0 Å². The second-order valence-electron chi connectivity index (χ2n) is 8.93. The fourth-order valence-electron chi connectivity index (χ4n) is 4.43. The molecule has 0 bridgehead atoms. The number of anilines is 1. The molecule has 0 N–H and O–H groups in total. The number of amides is 1. The van der Waals surface area contributed by atoms with Crippen molar-refractivity contribution in [1.82, 2.24) is 10.2 Å². The third-order valence-corrected chi connectivity index (χ3v) is 8.42. The summed E-state index contributed by atoms with van der Waals surface area (Å²) in [4.78, 5) is 28.8. The molecule has 1 atom stereocenters. The van der Waals surface area contributed by atoms with E-state index in [2.05, 4.69) is 34.5 Å². The molecular weight excluding hydrogens is 509 g/mol. The highest BCUT2D eigenvalue weighted by Gasteiger charge is 2.45. The number of aromatic nitrogens is 2. The van der Waals surface area contributed by atoms with Gasteiger partial charge in [0.25, 0.3) is 5.91 Å². The third kappa shape index (κ3) is 4.24. The molecule has 1 unspecified atom stereocenters. The minimum absolute atomic E-state index is 0.0280. The molecule has 0 saturated heterocycles. The van der Waals surface area contributed by atoms with E-state index in [9.17, 15) is 14.0 Å². The van der Waals surface area contributed by atoms with Crippen LogP contribution in [0, 0.1) is 19.7 Å². The van der Waals surface area contributed by atoms with Crippen LogP contribution in [0.1, 0.15) is 44.4 Å². The fraction of sp³-hybridized carbons (Fsp3) is 0.143. The van der Waals surface area contributed by atoms with Crippen LogP contribution in [-0.2, 0) is 5.75 Å². The second-order valence-corrected chi connectivity index (χ2v) is 11.1. The summed E-state index contributed by atoms with van der Waals surface area (Å²) in [5, 5.41) is 9.33. The number of fused-ring (bicyclic) bond motifs is 2. The third-order valence-electron chi connectivity index (χ3n) is 6.30. The lowest BCUT2D eigenvalue weighted by Gasteiger charge is -2.22. The summed E-state index contributed by atoms with van der Waals surface area (Å²) in [7, 11) is 0. The monoisotopic (exact) mass is 529 g/mol. The minimum Gasteiger partial charge on any atom is -0.450 e. The molecule has 5 aromatic rings. The van der Waals surface area contributed by atoms with Crippen LogP contribution in [0.15, 0.2) is 80.3 Å². The maximum atomic E-state index is 13.8. The van der Waals surface area contributed by atoms with Crippen molar-refractivity contribution in [3.8, 4) is 0 Å². The van der Waals surface area contributed by atoms with Crippen molar-refractivity contribution in [3.63, 3.8) is 0 Å². The molecule has 6 rings (SSSR count). The van der Waals surface area contributed by atoms with Gasteiger partial charge >= 0.3 is 0 Å². The average molecular weight is 530 g/mol. The number of benzene rings is 3. The first kappa shape index (κ1) is 23.6. The number of carbonyl (C=O) groups excluding carboxylic acids is 1. The molecule has 0 fully saturated rings. The van der Waals surface area contributed by atoms with Crippen LogP contribution in [0.5, 0.6) is 0 Å². The highest BCUT2D eigenvalue weighted by Crippen LogP contribution is 2.43. The number of rotatable bonds is 5. The van der Waals surface area contributed by atoms with E-state index in [4.69, 9.17) is 4.42 Å². The Kier molecular flexibility index (Phi) is 5.89. The van der Waals surface area contributed by atoms with Gasteiger partial charge in [-0.1, -0.05) is 76.7 Å². The molecule has 2 aromatic heterocycles. The lowest BCUT2D eigenvalue weighted by molar-refractivity contribution is 0.0970. The molecule has 1 aliphatic rings. The van der Waals surface area contributed by atoms with Gasteiger partial charge in [-0.15, -0.1) is 10.2 Å². The molecule has 1 aliphatic heterocycles. The maximum absolute atomic E-state index is 13.8. The van der Waals surface area contributed by atoms with E-state index in [1.54, 1.807) is 24.3 Å². The van der Waals surface area contributed by atoms with Crippen LogP contribution in [0.25, 0.3) is 11.0 Å². The Balaban J connectivity index is 1.42. The van der Waals surface area contributed by atoms with E-state index in [1.165, 1.54) is 45.7 Å². The zero-order chi connectivity index (χ0) is 25.7. The number of aryl methyl sites for hydroxylation is 2. The standard InChI is InChI=1S/C28H20FN3O3S2/c1-15-3-6-17(7-4-15)14-36-28-31-30-27(37-28)32-23(18-8-10-19(29)11-9-18)22-24(33)20-13-16(2)5-12-21(20)35-25(22)26(32)34/h3-13,23H,14H2,1-2H3. The summed E-state index contributed by atoms with van der Waals surface area (Å²) in [6, 6.07) is 18.5. The van der Waals surface area contributed by atoms with Crippen molar-refractivity contribution in [2.45, 2.75) is 30.0 Å². The minimum atomic E-state index is -0.813. The molecule has 3 heterocycles. The van der Waals surface area contributed by atoms with E-state index >= 15 is 0 Å². The van der Waals surface area contributed by atoms with E-state index < -0.39 is 17.8 Å². The van der Waals surface area contributed by atoms with Gasteiger partial charge in [0.05, 0.1) is 17.0 Å². The number of hydrogen-bond donors (Lipinski definition) is 0. The molecule has 184 valence electrons. The molecule has 0 spiro atoms. The van der Waals surface area contributed by atoms with Crippen molar-refractivity contribution in [3.05, 3.63) is 116 Å². The Hall–Kier alpha value is -3.82. The zero-order valence-corrected chi connectivity index (χ0v) is 21.5. The van der Waals surface area contributed by atoms with Crippen molar-refractivity contribution in [2.75, 3.05) is 4.90 Å². The summed E-state index contributed by atoms with van der Waals surface area (Å²) >= 11 is 2.79. The summed E-state index contributed by atoms with van der Waals surface area (Å²) < 4.78 is 20.4. The van der Waals surface area contributed by atoms with Crippen molar-refractivity contribution >= 4 is 45.1 Å². The van der Waals surface area contributed by atoms with Gasteiger partial charge in [-0.25, -0.2) is 4.39 Å². The van der Waals surface area contributed by atoms with Crippen molar-refractivity contribution < 1.29 is 13.6 Å². The van der Waals surface area contributed by atoms with Gasteiger partial charge in [0, 0.05) is 5.75 Å². The van der Waals surface area contributed by atoms with Crippen LogP contribution in [-0.4, -0.2) is 16.1 Å². The van der Waals surface area contributed by atoms with Gasteiger partial charge in [-0.3, -0.25) is 14.5 Å². The molecular formula is C28H20FN3O3S2. The van der Waals surface area contributed by atoms with E-state index in [0.29, 0.717) is 31.8 Å². The van der Waals surface area contributed by atoms with Gasteiger partial charge in [0.15, 0.2) is 9.77 Å². The lowest BCUT2D eigenvalue weighted by Crippen LogP contribution is -2.29. The van der Waals surface area contributed by atoms with E-state index in [-0.39, 0.29) is 16.8 Å². The van der Waals surface area contributed by atoms with Gasteiger partial charge in [-0.05, 0) is 49.2 Å². The molecule has 3 aromatic carbocycles. The van der Waals surface area contributed by atoms with Crippen LogP contribution in [0.4, 0.5) is 9.52 Å². The maximum Gasteiger partial charge on any atom is 0.297 e. The molecule has 0 aliphatic carbocycles. The predicted molar refractivity (Wildman–Crippen MR) is 143 cm³/mol. The van der Waals surface area contributed by atoms with Crippen LogP contribution < -0.4 is 10.3 Å². The second kappa shape index (κ2) is 9.24. The average Bonchev–Trinajstić information content (AvgIpc) is 3.47. The number of nitrogens with zero attached hydrogens (tertiary/aromatic N) is 3. The number of carbonyl (C=O) groups is 1. The largest absolute Gasteiger partial charge is 0.450 e. The van der Waals surface area contributed by atoms with Gasteiger partial charge in [0.2, 0.25) is 10.9 Å². The topological polar surface area (TPSA) is 76.3 Å². The highest BCUT2D eigenvalue weighted by molar-refractivity contribution is 8.00. The predicted octanol–water partition coefficient (Wildman–Crippen LogP) is 6.44. The first-order valence-corrected chi connectivity index (χ1v) is 13.4. The molecule has 1 amide bonds. The SMILES string of the molecule is Cc1ccc(CSc2nnc(N3C(=O)c4oc5ccc(C)cc5c(=O)c4C3c3ccc(F)cc3)s2)cc1. The van der Waals surface area contributed by atoms with Crippen LogP contribution >= 0.6 is 23.1 Å². The Morgan fingerprint density at radius 3 is 2.46 bits per heavy atom. The van der Waals surface area contributed by atoms with Gasteiger partial charge < -0.3 is 4.42 Å². The van der Waals surface area contributed by atoms with Crippen molar-refractivity contribution in [1.29, 1.82) is 0 Å². The van der Waals surface area contributed by atoms with Crippen LogP contribution in [0.2, 0.25) is 0 Å². The summed E-state index contributed by atoms with van der Waals surface area (Å²) in [5.74, 6) is -0.212. The highest BCUT2D eigenvalue weighted by atomic mass is 32.2. The Labute approximate surface area is 219 Å². The number of hydrogen-bond acceptors (Lipinski definition) is 7. The first-order valence-electron chi connectivity index (χ1n) is 11.6. The first-order chi connectivity index (χ1) is 17.9. The summed E-state index contributed by atoms with van der Waals surface area (Å²) in [5.41, 5.74) is 4.10. The molecule has 0 saturated carbocycles. The quantitative estimate of drug-likeness (QED) is 0.193. The number of halogens is 1. The zero-order valence-electron chi connectivity index (χ0n) is 19.9. The molecule has 9 heteroatoms. The smallest absolute Gasteiger partial charge is 0.297 e. The van der Waals surface area contributed by atoms with Gasteiger partial charge in [0.1, 0.15) is 11.4 Å². The summed E-state index contributed by atoms with van der Waals surface area (Å²) in [6.45, 7) is 3.93. The fourth-order valence-corrected chi connectivity index (χ4v) is 6.26. The Morgan fingerprint density at radius 1 is 0.973 bits per heavy atom. The van der Waals surface area contributed by atoms with E-state index in [1.807, 2.05) is 19.9 Å². The van der Waals surface area contributed by atoms with Crippen LogP contribution in [0.3, 0.4) is 0 Å². The summed E-state index contributed by atoms with van der Waals surface area (Å²) in [6.07, 6.45) is 0. The molecule has 6 nitrogen and oxygen atoms in total. The van der Waals surface area contributed by atoms with E-state index in [0.717, 1.165) is 11.1 Å². The molecule has 0 radical (unpaired) electrons. The normalized spacial score (nSPS) is 14.9. The van der Waals surface area contributed by atoms with Crippen molar-refractivity contribution in [2.24, 2.45) is 0 Å². The lowest BCUT2D eigenvalue weighted by atomic mass is 9.98. The Morgan fingerprint density at radius 2 is 1.70 bits per heavy atom. The Bertz CT molecular complexity index is 1710. The number of thioether (sulfide) groups is 1. The molecule has 37 heavy (non-hydrogen) atoms.